The smallest absolute Gasteiger partial charge is 0.239 e. The quantitative estimate of drug-likeness (QED) is 0.895. The summed E-state index contributed by atoms with van der Waals surface area (Å²) in [7, 11) is 3.91. The summed E-state index contributed by atoms with van der Waals surface area (Å²) in [6.45, 7) is 6.79. The van der Waals surface area contributed by atoms with Crippen molar-refractivity contribution in [1.29, 1.82) is 0 Å². The standard InChI is InChI=1S/C18H29N3O.ClH/c1-14-8-5-6-9-16(14)12-20(4)18(22)15(2)21-11-7-10-17(13-21)19-3;/h5-6,8-9,15,17,19H,7,10-13H2,1-4H3;1H. The second-order valence-electron chi connectivity index (χ2n) is 6.42. The molecule has 5 heteroatoms. The van der Waals surface area contributed by atoms with E-state index in [-0.39, 0.29) is 24.4 Å². The number of hydrogen-bond donors (Lipinski definition) is 1. The van der Waals surface area contributed by atoms with Crippen molar-refractivity contribution in [3.05, 3.63) is 35.4 Å². The SMILES string of the molecule is CNC1CCCN(C(C)C(=O)N(C)Cc2ccccc2C)C1.Cl. The molecular formula is C18H30ClN3O. The van der Waals surface area contributed by atoms with Crippen molar-refractivity contribution < 1.29 is 4.79 Å². The lowest BCUT2D eigenvalue weighted by molar-refractivity contribution is -0.136. The van der Waals surface area contributed by atoms with Crippen molar-refractivity contribution >= 4 is 18.3 Å². The summed E-state index contributed by atoms with van der Waals surface area (Å²) in [6, 6.07) is 8.72. The van der Waals surface area contributed by atoms with Crippen molar-refractivity contribution in [3.8, 4) is 0 Å². The van der Waals surface area contributed by atoms with Crippen LogP contribution in [-0.2, 0) is 11.3 Å². The van der Waals surface area contributed by atoms with Crippen LogP contribution >= 0.6 is 12.4 Å². The molecule has 1 aliphatic heterocycles. The minimum Gasteiger partial charge on any atom is -0.340 e. The van der Waals surface area contributed by atoms with Crippen LogP contribution in [0.5, 0.6) is 0 Å². The third-order valence-corrected chi connectivity index (χ3v) is 4.81. The number of nitrogens with one attached hydrogen (secondary N) is 1. The molecular weight excluding hydrogens is 310 g/mol. The maximum atomic E-state index is 12.7. The number of amides is 1. The van der Waals surface area contributed by atoms with E-state index in [1.165, 1.54) is 17.5 Å². The Morgan fingerprint density at radius 1 is 1.43 bits per heavy atom. The number of benzene rings is 1. The first-order valence-electron chi connectivity index (χ1n) is 8.23. The molecule has 1 N–H and O–H groups in total. The Kier molecular flexibility index (Phi) is 8.03. The number of likely N-dealkylation sites (tertiary alicyclic amines) is 1. The minimum absolute atomic E-state index is 0. The van der Waals surface area contributed by atoms with Crippen molar-refractivity contribution in [2.75, 3.05) is 27.2 Å². The molecule has 1 saturated heterocycles. The second kappa shape index (κ2) is 9.26. The number of halogens is 1. The van der Waals surface area contributed by atoms with E-state index in [1.54, 1.807) is 0 Å². The average Bonchev–Trinajstić information content (AvgIpc) is 2.55. The lowest BCUT2D eigenvalue weighted by Gasteiger charge is -2.37. The van der Waals surface area contributed by atoms with Gasteiger partial charge in [0.25, 0.3) is 0 Å². The topological polar surface area (TPSA) is 35.6 Å². The summed E-state index contributed by atoms with van der Waals surface area (Å²) < 4.78 is 0. The predicted molar refractivity (Wildman–Crippen MR) is 98.0 cm³/mol. The molecule has 2 rings (SSSR count). The third kappa shape index (κ3) is 5.20. The number of hydrogen-bond acceptors (Lipinski definition) is 3. The molecule has 1 aromatic carbocycles. The van der Waals surface area contributed by atoms with Crippen LogP contribution in [0.4, 0.5) is 0 Å². The maximum absolute atomic E-state index is 12.7. The summed E-state index contributed by atoms with van der Waals surface area (Å²) in [6.07, 6.45) is 2.36. The zero-order valence-corrected chi connectivity index (χ0v) is 15.5. The van der Waals surface area contributed by atoms with Gasteiger partial charge in [0.1, 0.15) is 0 Å². The van der Waals surface area contributed by atoms with Crippen molar-refractivity contribution in [2.24, 2.45) is 0 Å². The van der Waals surface area contributed by atoms with Gasteiger partial charge in [0, 0.05) is 26.2 Å². The second-order valence-corrected chi connectivity index (χ2v) is 6.42. The van der Waals surface area contributed by atoms with Gasteiger partial charge in [-0.15, -0.1) is 12.4 Å². The van der Waals surface area contributed by atoms with Crippen molar-refractivity contribution in [3.63, 3.8) is 0 Å². The highest BCUT2D eigenvalue weighted by molar-refractivity contribution is 5.85. The maximum Gasteiger partial charge on any atom is 0.239 e. The predicted octanol–water partition coefficient (Wildman–Crippen LogP) is 2.45. The molecule has 2 atom stereocenters. The van der Waals surface area contributed by atoms with Crippen LogP contribution in [0.2, 0.25) is 0 Å². The molecule has 1 fully saturated rings. The fourth-order valence-corrected chi connectivity index (χ4v) is 3.19. The molecule has 23 heavy (non-hydrogen) atoms. The molecule has 0 spiro atoms. The van der Waals surface area contributed by atoms with Gasteiger partial charge in [-0.05, 0) is 51.4 Å². The van der Waals surface area contributed by atoms with E-state index >= 15 is 0 Å². The summed E-state index contributed by atoms with van der Waals surface area (Å²) in [5, 5.41) is 3.34. The van der Waals surface area contributed by atoms with Gasteiger partial charge in [-0.1, -0.05) is 24.3 Å². The summed E-state index contributed by atoms with van der Waals surface area (Å²) >= 11 is 0. The largest absolute Gasteiger partial charge is 0.340 e. The molecule has 0 radical (unpaired) electrons. The molecule has 2 unspecified atom stereocenters. The van der Waals surface area contributed by atoms with Crippen LogP contribution in [0.3, 0.4) is 0 Å². The Hall–Kier alpha value is -1.10. The first-order valence-corrected chi connectivity index (χ1v) is 8.23. The fraction of sp³-hybridized carbons (Fsp3) is 0.611. The molecule has 1 aromatic rings. The number of carbonyl (C=O) groups excluding carboxylic acids is 1. The summed E-state index contributed by atoms with van der Waals surface area (Å²) in [5.74, 6) is 0.208. The molecule has 1 amide bonds. The minimum atomic E-state index is -0.0508. The van der Waals surface area contributed by atoms with E-state index in [9.17, 15) is 4.79 Å². The molecule has 0 bridgehead atoms. The lowest BCUT2D eigenvalue weighted by Crippen LogP contribution is -2.52. The van der Waals surface area contributed by atoms with Gasteiger partial charge in [0.2, 0.25) is 5.91 Å². The van der Waals surface area contributed by atoms with E-state index in [2.05, 4.69) is 29.3 Å². The van der Waals surface area contributed by atoms with Crippen molar-refractivity contribution in [2.45, 2.75) is 45.3 Å². The van der Waals surface area contributed by atoms with Crippen LogP contribution in [0.15, 0.2) is 24.3 Å². The van der Waals surface area contributed by atoms with Crippen LogP contribution in [0.1, 0.15) is 30.9 Å². The van der Waals surface area contributed by atoms with E-state index in [4.69, 9.17) is 0 Å². The monoisotopic (exact) mass is 339 g/mol. The Bertz CT molecular complexity index is 509. The molecule has 0 aromatic heterocycles. The number of carbonyl (C=O) groups is 1. The van der Waals surface area contributed by atoms with Crippen LogP contribution in [-0.4, -0.2) is 55.0 Å². The van der Waals surface area contributed by atoms with Gasteiger partial charge in [0.15, 0.2) is 0 Å². The zero-order chi connectivity index (χ0) is 16.1. The van der Waals surface area contributed by atoms with Gasteiger partial charge < -0.3 is 10.2 Å². The zero-order valence-electron chi connectivity index (χ0n) is 14.7. The fourth-order valence-electron chi connectivity index (χ4n) is 3.19. The summed E-state index contributed by atoms with van der Waals surface area (Å²) in [5.41, 5.74) is 2.46. The Morgan fingerprint density at radius 3 is 2.78 bits per heavy atom. The highest BCUT2D eigenvalue weighted by Crippen LogP contribution is 2.16. The van der Waals surface area contributed by atoms with Gasteiger partial charge >= 0.3 is 0 Å². The normalized spacial score (nSPS) is 19.7. The van der Waals surface area contributed by atoms with Crippen LogP contribution < -0.4 is 5.32 Å². The molecule has 0 aliphatic carbocycles. The Morgan fingerprint density at radius 2 is 2.13 bits per heavy atom. The number of piperidine rings is 1. The van der Waals surface area contributed by atoms with E-state index in [0.717, 1.165) is 19.5 Å². The molecule has 0 saturated carbocycles. The van der Waals surface area contributed by atoms with Crippen LogP contribution in [0, 0.1) is 6.92 Å². The Balaban J connectivity index is 0.00000264. The summed E-state index contributed by atoms with van der Waals surface area (Å²) in [4.78, 5) is 16.9. The number of nitrogens with zero attached hydrogens (tertiary/aromatic N) is 2. The van der Waals surface area contributed by atoms with E-state index in [1.807, 2.05) is 38.1 Å². The average molecular weight is 340 g/mol. The lowest BCUT2D eigenvalue weighted by atomic mass is 10.0. The third-order valence-electron chi connectivity index (χ3n) is 4.81. The highest BCUT2D eigenvalue weighted by atomic mass is 35.5. The first-order chi connectivity index (χ1) is 10.5. The molecule has 130 valence electrons. The van der Waals surface area contributed by atoms with Crippen molar-refractivity contribution in [1.82, 2.24) is 15.1 Å². The van der Waals surface area contributed by atoms with Gasteiger partial charge in [0.05, 0.1) is 6.04 Å². The molecule has 1 aliphatic rings. The van der Waals surface area contributed by atoms with Gasteiger partial charge in [-0.3, -0.25) is 9.69 Å². The van der Waals surface area contributed by atoms with E-state index in [0.29, 0.717) is 12.6 Å². The number of likely N-dealkylation sites (N-methyl/N-ethyl adjacent to an activating group) is 2. The van der Waals surface area contributed by atoms with Gasteiger partial charge in [-0.25, -0.2) is 0 Å². The number of aryl methyl sites for hydroxylation is 1. The first kappa shape index (κ1) is 19.9. The molecule has 1 heterocycles. The number of rotatable bonds is 5. The van der Waals surface area contributed by atoms with Gasteiger partial charge in [-0.2, -0.15) is 0 Å². The Labute approximate surface area is 146 Å². The molecule has 4 nitrogen and oxygen atoms in total. The highest BCUT2D eigenvalue weighted by Gasteiger charge is 2.28. The van der Waals surface area contributed by atoms with E-state index < -0.39 is 0 Å². The van der Waals surface area contributed by atoms with Crippen LogP contribution in [0.25, 0.3) is 0 Å².